The summed E-state index contributed by atoms with van der Waals surface area (Å²) in [7, 11) is 0. The van der Waals surface area contributed by atoms with Gasteiger partial charge in [0.05, 0.1) is 4.47 Å². The molecule has 110 valence electrons. The van der Waals surface area contributed by atoms with Crippen LogP contribution in [0.4, 0.5) is 11.4 Å². The van der Waals surface area contributed by atoms with Crippen molar-refractivity contribution in [2.75, 3.05) is 11.1 Å². The molecule has 0 spiro atoms. The lowest BCUT2D eigenvalue weighted by atomic mass is 10.1. The highest BCUT2D eigenvalue weighted by Crippen LogP contribution is 2.20. The fourth-order valence-corrected chi connectivity index (χ4v) is 3.07. The number of nitrogens with two attached hydrogens (primary N) is 1. The zero-order chi connectivity index (χ0) is 15.6. The Morgan fingerprint density at radius 3 is 2.81 bits per heavy atom. The number of nitrogens with one attached hydrogen (secondary N) is 1. The van der Waals surface area contributed by atoms with Crippen molar-refractivity contribution in [3.8, 4) is 0 Å². The third-order valence-corrected chi connectivity index (χ3v) is 3.97. The molecule has 0 fully saturated rings. The third-order valence-electron chi connectivity index (χ3n) is 2.97. The summed E-state index contributed by atoms with van der Waals surface area (Å²) < 4.78 is 2.43. The Kier molecular flexibility index (Phi) is 4.84. The number of pyridine rings is 1. The van der Waals surface area contributed by atoms with Crippen LogP contribution in [0.5, 0.6) is 0 Å². The van der Waals surface area contributed by atoms with E-state index in [0.29, 0.717) is 20.3 Å². The van der Waals surface area contributed by atoms with Gasteiger partial charge in [-0.2, -0.15) is 0 Å². The number of hydrogen-bond donors (Lipinski definition) is 2. The molecule has 0 aliphatic carbocycles. The fraction of sp³-hybridized carbons (Fsp3) is 0.143. The van der Waals surface area contributed by atoms with Gasteiger partial charge in [0.15, 0.2) is 0 Å². The minimum atomic E-state index is -0.296. The van der Waals surface area contributed by atoms with Crippen LogP contribution in [0.25, 0.3) is 0 Å². The Morgan fingerprint density at radius 1 is 1.38 bits per heavy atom. The van der Waals surface area contributed by atoms with Crippen molar-refractivity contribution < 1.29 is 4.79 Å². The lowest BCUT2D eigenvalue weighted by Crippen LogP contribution is -2.27. The van der Waals surface area contributed by atoms with Crippen LogP contribution in [0, 0.1) is 6.92 Å². The van der Waals surface area contributed by atoms with Crippen LogP contribution in [-0.4, -0.2) is 10.5 Å². The number of carbonyl (C=O) groups excluding carboxylic acids is 1. The number of halogens is 2. The van der Waals surface area contributed by atoms with Gasteiger partial charge in [0.1, 0.15) is 6.54 Å². The van der Waals surface area contributed by atoms with Crippen molar-refractivity contribution in [1.29, 1.82) is 0 Å². The standard InChI is InChI=1S/C14H13Br2N3O2/c1-8-11(17)3-2-4-12(8)18-13(20)7-19-6-9(15)5-10(16)14(19)21/h2-6H,7,17H2,1H3,(H,18,20). The summed E-state index contributed by atoms with van der Waals surface area (Å²) >= 11 is 6.45. The van der Waals surface area contributed by atoms with Crippen LogP contribution in [0.3, 0.4) is 0 Å². The Morgan fingerprint density at radius 2 is 2.10 bits per heavy atom. The van der Waals surface area contributed by atoms with Gasteiger partial charge in [-0.25, -0.2) is 0 Å². The highest BCUT2D eigenvalue weighted by atomic mass is 79.9. The SMILES string of the molecule is Cc1c(N)cccc1NC(=O)Cn1cc(Br)cc(Br)c1=O. The smallest absolute Gasteiger partial charge is 0.265 e. The molecule has 0 aliphatic heterocycles. The van der Waals surface area contributed by atoms with E-state index in [1.807, 2.05) is 6.92 Å². The quantitative estimate of drug-likeness (QED) is 0.758. The van der Waals surface area contributed by atoms with Crippen LogP contribution in [-0.2, 0) is 11.3 Å². The van der Waals surface area contributed by atoms with E-state index >= 15 is 0 Å². The second kappa shape index (κ2) is 6.44. The number of hydrogen-bond acceptors (Lipinski definition) is 3. The fourth-order valence-electron chi connectivity index (χ4n) is 1.82. The summed E-state index contributed by atoms with van der Waals surface area (Å²) in [4.78, 5) is 24.0. The Bertz CT molecular complexity index is 756. The molecule has 2 aromatic rings. The zero-order valence-electron chi connectivity index (χ0n) is 11.2. The molecule has 1 amide bonds. The monoisotopic (exact) mass is 413 g/mol. The van der Waals surface area contributed by atoms with Crippen molar-refractivity contribution >= 4 is 49.1 Å². The maximum Gasteiger partial charge on any atom is 0.265 e. The van der Waals surface area contributed by atoms with E-state index in [2.05, 4.69) is 37.2 Å². The maximum absolute atomic E-state index is 12.1. The lowest BCUT2D eigenvalue weighted by molar-refractivity contribution is -0.116. The summed E-state index contributed by atoms with van der Waals surface area (Å²) in [6.45, 7) is 1.75. The number of benzene rings is 1. The van der Waals surface area contributed by atoms with Gasteiger partial charge in [0, 0.05) is 22.0 Å². The molecule has 2 rings (SSSR count). The molecule has 7 heteroatoms. The predicted octanol–water partition coefficient (Wildman–Crippen LogP) is 2.90. The summed E-state index contributed by atoms with van der Waals surface area (Å²) in [6.07, 6.45) is 1.57. The van der Waals surface area contributed by atoms with E-state index in [0.717, 1.165) is 5.56 Å². The number of carbonyl (C=O) groups is 1. The average molecular weight is 415 g/mol. The van der Waals surface area contributed by atoms with E-state index in [4.69, 9.17) is 5.73 Å². The Balaban J connectivity index is 2.20. The highest BCUT2D eigenvalue weighted by Gasteiger charge is 2.10. The van der Waals surface area contributed by atoms with Crippen LogP contribution in [0.2, 0.25) is 0 Å². The molecule has 0 unspecified atom stereocenters. The van der Waals surface area contributed by atoms with E-state index in [-0.39, 0.29) is 18.0 Å². The first-order chi connectivity index (χ1) is 9.88. The largest absolute Gasteiger partial charge is 0.398 e. The number of rotatable bonds is 3. The van der Waals surface area contributed by atoms with Crippen LogP contribution in [0.1, 0.15) is 5.56 Å². The van der Waals surface area contributed by atoms with Crippen LogP contribution < -0.4 is 16.6 Å². The van der Waals surface area contributed by atoms with Gasteiger partial charge >= 0.3 is 0 Å². The molecule has 0 bridgehead atoms. The first kappa shape index (κ1) is 15.8. The second-order valence-electron chi connectivity index (χ2n) is 4.51. The van der Waals surface area contributed by atoms with Crippen molar-refractivity contribution in [2.45, 2.75) is 13.5 Å². The van der Waals surface area contributed by atoms with E-state index in [1.165, 1.54) is 4.57 Å². The molecule has 21 heavy (non-hydrogen) atoms. The first-order valence-electron chi connectivity index (χ1n) is 6.09. The molecule has 5 nitrogen and oxygen atoms in total. The predicted molar refractivity (Wildman–Crippen MR) is 90.3 cm³/mol. The number of anilines is 2. The molecule has 0 saturated heterocycles. The van der Waals surface area contributed by atoms with Gasteiger partial charge < -0.3 is 15.6 Å². The van der Waals surface area contributed by atoms with Crippen molar-refractivity contribution in [1.82, 2.24) is 4.57 Å². The average Bonchev–Trinajstić information content (AvgIpc) is 2.40. The van der Waals surface area contributed by atoms with Crippen molar-refractivity contribution in [3.05, 3.63) is 55.3 Å². The molecule has 0 atom stereocenters. The van der Waals surface area contributed by atoms with Gasteiger partial charge in [-0.3, -0.25) is 9.59 Å². The molecule has 0 saturated carbocycles. The first-order valence-corrected chi connectivity index (χ1v) is 7.67. The van der Waals surface area contributed by atoms with E-state index in [9.17, 15) is 9.59 Å². The topological polar surface area (TPSA) is 77.1 Å². The van der Waals surface area contributed by atoms with E-state index in [1.54, 1.807) is 30.5 Å². The number of nitrogens with zero attached hydrogens (tertiary/aromatic N) is 1. The van der Waals surface area contributed by atoms with Gasteiger partial charge in [0.25, 0.3) is 5.56 Å². The van der Waals surface area contributed by atoms with Gasteiger partial charge in [0.2, 0.25) is 5.91 Å². The highest BCUT2D eigenvalue weighted by molar-refractivity contribution is 9.11. The Hall–Kier alpha value is -1.60. The minimum Gasteiger partial charge on any atom is -0.398 e. The van der Waals surface area contributed by atoms with Crippen molar-refractivity contribution in [3.63, 3.8) is 0 Å². The van der Waals surface area contributed by atoms with Crippen LogP contribution in [0.15, 0.2) is 44.2 Å². The maximum atomic E-state index is 12.1. The summed E-state index contributed by atoms with van der Waals surface area (Å²) in [5, 5.41) is 2.76. The Labute approximate surface area is 138 Å². The second-order valence-corrected chi connectivity index (χ2v) is 6.28. The van der Waals surface area contributed by atoms with Gasteiger partial charge in [-0.15, -0.1) is 0 Å². The molecular formula is C14H13Br2N3O2. The summed E-state index contributed by atoms with van der Waals surface area (Å²) in [5.74, 6) is -0.296. The molecule has 3 N–H and O–H groups in total. The summed E-state index contributed by atoms with van der Waals surface area (Å²) in [6, 6.07) is 6.93. The van der Waals surface area contributed by atoms with Gasteiger partial charge in [-0.05, 0) is 62.5 Å². The molecule has 1 aromatic carbocycles. The molecule has 0 aliphatic rings. The van der Waals surface area contributed by atoms with E-state index < -0.39 is 0 Å². The van der Waals surface area contributed by atoms with Gasteiger partial charge in [-0.1, -0.05) is 6.07 Å². The normalized spacial score (nSPS) is 10.4. The summed E-state index contributed by atoms with van der Waals surface area (Å²) in [5.41, 5.74) is 7.57. The lowest BCUT2D eigenvalue weighted by Gasteiger charge is -2.11. The zero-order valence-corrected chi connectivity index (χ0v) is 14.4. The van der Waals surface area contributed by atoms with Crippen LogP contribution >= 0.6 is 31.9 Å². The molecule has 1 heterocycles. The molecule has 0 radical (unpaired) electrons. The molecular weight excluding hydrogens is 402 g/mol. The van der Waals surface area contributed by atoms with Crippen molar-refractivity contribution in [2.24, 2.45) is 0 Å². The number of nitrogen functional groups attached to an aromatic ring is 1. The minimum absolute atomic E-state index is 0.0783. The molecule has 1 aromatic heterocycles. The third kappa shape index (κ3) is 3.74. The number of aromatic nitrogens is 1. The number of amides is 1.